The average molecular weight is 227 g/mol. The van der Waals surface area contributed by atoms with Crippen molar-refractivity contribution in [2.75, 3.05) is 13.7 Å². The summed E-state index contributed by atoms with van der Waals surface area (Å²) in [7, 11) is 1.81. The Morgan fingerprint density at radius 3 is 2.44 bits per heavy atom. The summed E-state index contributed by atoms with van der Waals surface area (Å²) < 4.78 is 5.31. The van der Waals surface area contributed by atoms with Gasteiger partial charge in [0.1, 0.15) is 0 Å². The lowest BCUT2D eigenvalue weighted by molar-refractivity contribution is 0.153. The van der Waals surface area contributed by atoms with Crippen LogP contribution in [-0.2, 0) is 4.74 Å². The molecule has 1 N–H and O–H groups in total. The summed E-state index contributed by atoms with van der Waals surface area (Å²) in [5, 5.41) is 3.81. The number of rotatable bonds is 7. The molecule has 2 heteroatoms. The molecule has 96 valence electrons. The lowest BCUT2D eigenvalue weighted by Crippen LogP contribution is -2.40. The van der Waals surface area contributed by atoms with E-state index < -0.39 is 0 Å². The first-order valence-corrected chi connectivity index (χ1v) is 7.11. The molecule has 1 rings (SSSR count). The molecule has 0 bridgehead atoms. The van der Waals surface area contributed by atoms with Gasteiger partial charge in [-0.05, 0) is 19.3 Å². The Bertz CT molecular complexity index is 153. The number of methoxy groups -OCH3 is 1. The molecule has 0 saturated heterocycles. The van der Waals surface area contributed by atoms with Gasteiger partial charge in [0, 0.05) is 19.2 Å². The van der Waals surface area contributed by atoms with Crippen LogP contribution in [-0.4, -0.2) is 25.8 Å². The SMILES string of the molecule is CCCCC(COC)NC1CCCCCC1. The Hall–Kier alpha value is -0.0800. The molecule has 1 unspecified atom stereocenters. The van der Waals surface area contributed by atoms with Crippen molar-refractivity contribution in [1.82, 2.24) is 5.32 Å². The van der Waals surface area contributed by atoms with Gasteiger partial charge in [-0.1, -0.05) is 45.4 Å². The standard InChI is InChI=1S/C14H29NO/c1-3-4-9-14(12-16-2)15-13-10-7-5-6-8-11-13/h13-15H,3-12H2,1-2H3. The molecule has 1 aliphatic carbocycles. The number of nitrogens with one attached hydrogen (secondary N) is 1. The molecule has 1 aliphatic rings. The molecule has 1 atom stereocenters. The van der Waals surface area contributed by atoms with E-state index in [2.05, 4.69) is 12.2 Å². The number of ether oxygens (including phenoxy) is 1. The van der Waals surface area contributed by atoms with E-state index in [9.17, 15) is 0 Å². The zero-order valence-electron chi connectivity index (χ0n) is 11.1. The van der Waals surface area contributed by atoms with Crippen LogP contribution < -0.4 is 5.32 Å². The van der Waals surface area contributed by atoms with Crippen LogP contribution in [0, 0.1) is 0 Å². The molecule has 0 radical (unpaired) electrons. The minimum atomic E-state index is 0.577. The molecule has 0 aromatic heterocycles. The van der Waals surface area contributed by atoms with Crippen molar-refractivity contribution in [2.24, 2.45) is 0 Å². The van der Waals surface area contributed by atoms with Crippen LogP contribution >= 0.6 is 0 Å². The van der Waals surface area contributed by atoms with Gasteiger partial charge in [0.05, 0.1) is 6.61 Å². The van der Waals surface area contributed by atoms with E-state index in [1.165, 1.54) is 57.8 Å². The summed E-state index contributed by atoms with van der Waals surface area (Å²) >= 11 is 0. The van der Waals surface area contributed by atoms with Gasteiger partial charge in [0.25, 0.3) is 0 Å². The Kier molecular flexibility index (Phi) is 7.87. The summed E-state index contributed by atoms with van der Waals surface area (Å²) in [6.45, 7) is 3.13. The Labute approximate surface area is 101 Å². The third-order valence-electron chi connectivity index (χ3n) is 3.60. The van der Waals surface area contributed by atoms with E-state index in [1.807, 2.05) is 7.11 Å². The van der Waals surface area contributed by atoms with Gasteiger partial charge in [-0.15, -0.1) is 0 Å². The van der Waals surface area contributed by atoms with Crippen molar-refractivity contribution < 1.29 is 4.74 Å². The molecule has 0 spiro atoms. The summed E-state index contributed by atoms with van der Waals surface area (Å²) in [6.07, 6.45) is 12.3. The lowest BCUT2D eigenvalue weighted by atomic mass is 10.1. The summed E-state index contributed by atoms with van der Waals surface area (Å²) in [6, 6.07) is 1.33. The van der Waals surface area contributed by atoms with Crippen molar-refractivity contribution in [1.29, 1.82) is 0 Å². The van der Waals surface area contributed by atoms with E-state index in [0.29, 0.717) is 6.04 Å². The largest absolute Gasteiger partial charge is 0.383 e. The van der Waals surface area contributed by atoms with E-state index in [0.717, 1.165) is 12.6 Å². The van der Waals surface area contributed by atoms with E-state index >= 15 is 0 Å². The number of hydrogen-bond donors (Lipinski definition) is 1. The van der Waals surface area contributed by atoms with Crippen molar-refractivity contribution >= 4 is 0 Å². The molecule has 0 heterocycles. The zero-order chi connectivity index (χ0) is 11.6. The zero-order valence-corrected chi connectivity index (χ0v) is 11.1. The second-order valence-corrected chi connectivity index (χ2v) is 5.15. The van der Waals surface area contributed by atoms with Crippen molar-refractivity contribution in [3.05, 3.63) is 0 Å². The van der Waals surface area contributed by atoms with Gasteiger partial charge in [-0.25, -0.2) is 0 Å². The highest BCUT2D eigenvalue weighted by Gasteiger charge is 2.16. The van der Waals surface area contributed by atoms with Crippen LogP contribution in [0.2, 0.25) is 0 Å². The van der Waals surface area contributed by atoms with E-state index in [-0.39, 0.29) is 0 Å². The molecule has 0 amide bonds. The van der Waals surface area contributed by atoms with Crippen LogP contribution in [0.5, 0.6) is 0 Å². The van der Waals surface area contributed by atoms with Gasteiger partial charge in [0.2, 0.25) is 0 Å². The highest BCUT2D eigenvalue weighted by molar-refractivity contribution is 4.76. The van der Waals surface area contributed by atoms with Gasteiger partial charge >= 0.3 is 0 Å². The molecular formula is C14H29NO. The Balaban J connectivity index is 2.27. The predicted octanol–water partition coefficient (Wildman–Crippen LogP) is 3.50. The maximum absolute atomic E-state index is 5.31. The Morgan fingerprint density at radius 2 is 1.88 bits per heavy atom. The van der Waals surface area contributed by atoms with Crippen LogP contribution in [0.15, 0.2) is 0 Å². The minimum Gasteiger partial charge on any atom is -0.383 e. The predicted molar refractivity (Wildman–Crippen MR) is 69.8 cm³/mol. The van der Waals surface area contributed by atoms with Gasteiger partial charge in [0.15, 0.2) is 0 Å². The van der Waals surface area contributed by atoms with E-state index in [1.54, 1.807) is 0 Å². The Morgan fingerprint density at radius 1 is 1.19 bits per heavy atom. The highest BCUT2D eigenvalue weighted by atomic mass is 16.5. The smallest absolute Gasteiger partial charge is 0.0615 e. The normalized spacial score (nSPS) is 20.6. The lowest BCUT2D eigenvalue weighted by Gasteiger charge is -2.24. The highest BCUT2D eigenvalue weighted by Crippen LogP contribution is 2.18. The average Bonchev–Trinajstić information content (AvgIpc) is 2.55. The maximum atomic E-state index is 5.31. The van der Waals surface area contributed by atoms with Crippen LogP contribution in [0.3, 0.4) is 0 Å². The fourth-order valence-electron chi connectivity index (χ4n) is 2.65. The third-order valence-corrected chi connectivity index (χ3v) is 3.60. The van der Waals surface area contributed by atoms with Gasteiger partial charge in [-0.3, -0.25) is 0 Å². The van der Waals surface area contributed by atoms with Crippen molar-refractivity contribution in [2.45, 2.75) is 76.8 Å². The summed E-state index contributed by atoms with van der Waals surface area (Å²) in [5.74, 6) is 0. The minimum absolute atomic E-state index is 0.577. The maximum Gasteiger partial charge on any atom is 0.0615 e. The van der Waals surface area contributed by atoms with Crippen LogP contribution in [0.1, 0.15) is 64.7 Å². The first kappa shape index (κ1) is 14.0. The summed E-state index contributed by atoms with van der Waals surface area (Å²) in [5.41, 5.74) is 0. The molecule has 1 fully saturated rings. The molecule has 0 aromatic carbocycles. The number of unbranched alkanes of at least 4 members (excludes halogenated alkanes) is 1. The second kappa shape index (κ2) is 9.00. The quantitative estimate of drug-likeness (QED) is 0.672. The number of hydrogen-bond acceptors (Lipinski definition) is 2. The molecule has 0 aromatic rings. The van der Waals surface area contributed by atoms with Crippen LogP contribution in [0.25, 0.3) is 0 Å². The van der Waals surface area contributed by atoms with Gasteiger partial charge in [-0.2, -0.15) is 0 Å². The third kappa shape index (κ3) is 5.86. The summed E-state index contributed by atoms with van der Waals surface area (Å²) in [4.78, 5) is 0. The van der Waals surface area contributed by atoms with E-state index in [4.69, 9.17) is 4.74 Å². The molecule has 0 aliphatic heterocycles. The first-order valence-electron chi connectivity index (χ1n) is 7.11. The van der Waals surface area contributed by atoms with Crippen molar-refractivity contribution in [3.8, 4) is 0 Å². The molecule has 2 nitrogen and oxygen atoms in total. The molecule has 16 heavy (non-hydrogen) atoms. The fraction of sp³-hybridized carbons (Fsp3) is 1.00. The molecule has 1 saturated carbocycles. The first-order chi connectivity index (χ1) is 7.86. The van der Waals surface area contributed by atoms with Crippen LogP contribution in [0.4, 0.5) is 0 Å². The topological polar surface area (TPSA) is 21.3 Å². The second-order valence-electron chi connectivity index (χ2n) is 5.15. The fourth-order valence-corrected chi connectivity index (χ4v) is 2.65. The van der Waals surface area contributed by atoms with Crippen molar-refractivity contribution in [3.63, 3.8) is 0 Å². The monoisotopic (exact) mass is 227 g/mol. The van der Waals surface area contributed by atoms with Gasteiger partial charge < -0.3 is 10.1 Å². The molecular weight excluding hydrogens is 198 g/mol.